The van der Waals surface area contributed by atoms with Gasteiger partial charge >= 0.3 is 0 Å². The fourth-order valence-electron chi connectivity index (χ4n) is 1.24. The van der Waals surface area contributed by atoms with Crippen LogP contribution < -0.4 is 11.1 Å². The molecule has 0 saturated heterocycles. The van der Waals surface area contributed by atoms with Gasteiger partial charge in [-0.1, -0.05) is 0 Å². The number of aromatic nitrogens is 2. The molecular formula is C10H16F2N4O2. The Balaban J connectivity index is 2.03. The van der Waals surface area contributed by atoms with Crippen LogP contribution in [0.3, 0.4) is 0 Å². The first-order valence-corrected chi connectivity index (χ1v) is 5.48. The Morgan fingerprint density at radius 2 is 2.39 bits per heavy atom. The molecule has 1 amide bonds. The van der Waals surface area contributed by atoms with E-state index in [1.54, 1.807) is 10.9 Å². The van der Waals surface area contributed by atoms with Gasteiger partial charge in [0.15, 0.2) is 0 Å². The highest BCUT2D eigenvalue weighted by molar-refractivity contribution is 5.75. The summed E-state index contributed by atoms with van der Waals surface area (Å²) >= 11 is 0. The molecule has 0 fully saturated rings. The summed E-state index contributed by atoms with van der Waals surface area (Å²) in [5.41, 5.74) is 6.02. The molecule has 0 aliphatic rings. The molecule has 6 nitrogen and oxygen atoms in total. The first-order chi connectivity index (χ1) is 8.58. The van der Waals surface area contributed by atoms with Crippen molar-refractivity contribution in [2.45, 2.75) is 19.4 Å². The zero-order valence-electron chi connectivity index (χ0n) is 9.81. The van der Waals surface area contributed by atoms with Gasteiger partial charge in [0, 0.05) is 19.2 Å². The van der Waals surface area contributed by atoms with Gasteiger partial charge in [-0.05, 0) is 0 Å². The lowest BCUT2D eigenvalue weighted by Crippen LogP contribution is -2.28. The summed E-state index contributed by atoms with van der Waals surface area (Å²) in [6.07, 6.45) is 0.727. The Morgan fingerprint density at radius 1 is 1.61 bits per heavy atom. The number of ether oxygens (including phenoxy) is 1. The molecule has 0 aliphatic heterocycles. The van der Waals surface area contributed by atoms with Crippen molar-refractivity contribution < 1.29 is 18.3 Å². The lowest BCUT2D eigenvalue weighted by atomic mass is 10.4. The van der Waals surface area contributed by atoms with E-state index in [2.05, 4.69) is 15.2 Å². The number of alkyl halides is 2. The van der Waals surface area contributed by atoms with Gasteiger partial charge in [-0.3, -0.25) is 9.48 Å². The molecule has 0 aliphatic carbocycles. The second-order valence-electron chi connectivity index (χ2n) is 3.60. The summed E-state index contributed by atoms with van der Waals surface area (Å²) in [5, 5.41) is 6.56. The summed E-state index contributed by atoms with van der Waals surface area (Å²) in [6, 6.07) is 0. The van der Waals surface area contributed by atoms with Crippen LogP contribution in [0.15, 0.2) is 12.4 Å². The first-order valence-electron chi connectivity index (χ1n) is 5.48. The molecule has 1 aromatic heterocycles. The Kier molecular flexibility index (Phi) is 6.06. The third kappa shape index (κ3) is 6.14. The zero-order chi connectivity index (χ0) is 13.4. The number of anilines is 1. The van der Waals surface area contributed by atoms with Crippen molar-refractivity contribution >= 4 is 11.6 Å². The van der Waals surface area contributed by atoms with Gasteiger partial charge in [0.2, 0.25) is 5.91 Å². The maximum absolute atomic E-state index is 11.7. The van der Waals surface area contributed by atoms with Crippen LogP contribution in [0.2, 0.25) is 0 Å². The second-order valence-corrected chi connectivity index (χ2v) is 3.60. The molecular weight excluding hydrogens is 246 g/mol. The number of halogens is 2. The van der Waals surface area contributed by atoms with Crippen LogP contribution >= 0.6 is 0 Å². The summed E-state index contributed by atoms with van der Waals surface area (Å²) in [4.78, 5) is 11.3. The highest BCUT2D eigenvalue weighted by Gasteiger charge is 2.04. The average molecular weight is 262 g/mol. The molecule has 3 N–H and O–H groups in total. The van der Waals surface area contributed by atoms with Crippen LogP contribution in [0.5, 0.6) is 0 Å². The van der Waals surface area contributed by atoms with Gasteiger partial charge in [-0.2, -0.15) is 5.10 Å². The molecule has 0 unspecified atom stereocenters. The molecule has 1 heterocycles. The van der Waals surface area contributed by atoms with E-state index in [0.29, 0.717) is 18.8 Å². The van der Waals surface area contributed by atoms with E-state index in [1.807, 2.05) is 0 Å². The topological polar surface area (TPSA) is 82.2 Å². The van der Waals surface area contributed by atoms with Gasteiger partial charge in [0.1, 0.15) is 6.61 Å². The number of amides is 1. The standard InChI is InChI=1S/C10H16F2N4O2/c11-9(12)7-18-4-1-10(17)14-2-3-16-6-8(13)5-15-16/h5-6,9H,1-4,7,13H2,(H,14,17). The predicted molar refractivity (Wildman–Crippen MR) is 61.1 cm³/mol. The molecule has 18 heavy (non-hydrogen) atoms. The smallest absolute Gasteiger partial charge is 0.261 e. The molecule has 1 aromatic rings. The summed E-state index contributed by atoms with van der Waals surface area (Å²) in [6.45, 7) is 0.250. The summed E-state index contributed by atoms with van der Waals surface area (Å²) in [5.74, 6) is -0.246. The fraction of sp³-hybridized carbons (Fsp3) is 0.600. The molecule has 0 atom stereocenters. The van der Waals surface area contributed by atoms with E-state index < -0.39 is 13.0 Å². The second kappa shape index (κ2) is 7.59. The van der Waals surface area contributed by atoms with Crippen molar-refractivity contribution in [1.82, 2.24) is 15.1 Å². The van der Waals surface area contributed by atoms with E-state index >= 15 is 0 Å². The molecule has 1 rings (SSSR count). The van der Waals surface area contributed by atoms with Crippen LogP contribution in [0.1, 0.15) is 6.42 Å². The highest BCUT2D eigenvalue weighted by atomic mass is 19.3. The number of nitrogens with zero attached hydrogens (tertiary/aromatic N) is 2. The molecule has 8 heteroatoms. The SMILES string of the molecule is Nc1cnn(CCNC(=O)CCOCC(F)F)c1. The maximum atomic E-state index is 11.7. The molecule has 0 radical (unpaired) electrons. The number of nitrogens with one attached hydrogen (secondary N) is 1. The number of carbonyl (C=O) groups is 1. The van der Waals surface area contributed by atoms with E-state index in [4.69, 9.17) is 5.73 Å². The first kappa shape index (κ1) is 14.4. The minimum Gasteiger partial charge on any atom is -0.396 e. The maximum Gasteiger partial charge on any atom is 0.261 e. The van der Waals surface area contributed by atoms with Crippen molar-refractivity contribution in [3.63, 3.8) is 0 Å². The molecule has 0 aromatic carbocycles. The Hall–Kier alpha value is -1.70. The number of nitrogens with two attached hydrogens (primary N) is 1. The normalized spacial score (nSPS) is 10.8. The Bertz CT molecular complexity index is 371. The molecule has 0 bridgehead atoms. The van der Waals surface area contributed by atoms with Crippen molar-refractivity contribution in [2.24, 2.45) is 0 Å². The van der Waals surface area contributed by atoms with E-state index in [9.17, 15) is 13.6 Å². The summed E-state index contributed by atoms with van der Waals surface area (Å²) < 4.78 is 29.6. The zero-order valence-corrected chi connectivity index (χ0v) is 9.81. The highest BCUT2D eigenvalue weighted by Crippen LogP contribution is 1.96. The van der Waals surface area contributed by atoms with Crippen molar-refractivity contribution in [3.05, 3.63) is 12.4 Å². The van der Waals surface area contributed by atoms with Crippen LogP contribution in [0, 0.1) is 0 Å². The lowest BCUT2D eigenvalue weighted by molar-refractivity contribution is -0.122. The third-order valence-corrected chi connectivity index (χ3v) is 2.03. The van der Waals surface area contributed by atoms with E-state index in [-0.39, 0.29) is 18.9 Å². The van der Waals surface area contributed by atoms with Crippen LogP contribution in [0.4, 0.5) is 14.5 Å². The van der Waals surface area contributed by atoms with Gasteiger partial charge in [-0.25, -0.2) is 8.78 Å². The minimum absolute atomic E-state index is 0.00904. The molecule has 102 valence electrons. The number of hydrogen-bond acceptors (Lipinski definition) is 4. The molecule has 0 saturated carbocycles. The Labute approximate surface area is 103 Å². The quantitative estimate of drug-likeness (QED) is 0.658. The van der Waals surface area contributed by atoms with E-state index in [0.717, 1.165) is 0 Å². The van der Waals surface area contributed by atoms with Crippen LogP contribution in [-0.4, -0.2) is 41.9 Å². The summed E-state index contributed by atoms with van der Waals surface area (Å²) in [7, 11) is 0. The Morgan fingerprint density at radius 3 is 3.00 bits per heavy atom. The average Bonchev–Trinajstić information content (AvgIpc) is 2.70. The van der Waals surface area contributed by atoms with Gasteiger partial charge in [-0.15, -0.1) is 0 Å². The predicted octanol–water partition coefficient (Wildman–Crippen LogP) is 0.253. The van der Waals surface area contributed by atoms with E-state index in [1.165, 1.54) is 6.20 Å². The van der Waals surface area contributed by atoms with Gasteiger partial charge < -0.3 is 15.8 Å². The van der Waals surface area contributed by atoms with Crippen molar-refractivity contribution in [2.75, 3.05) is 25.5 Å². The largest absolute Gasteiger partial charge is 0.396 e. The monoisotopic (exact) mass is 262 g/mol. The minimum atomic E-state index is -2.50. The van der Waals surface area contributed by atoms with Crippen molar-refractivity contribution in [3.8, 4) is 0 Å². The molecule has 0 spiro atoms. The number of nitrogen functional groups attached to an aromatic ring is 1. The van der Waals surface area contributed by atoms with Crippen LogP contribution in [-0.2, 0) is 16.1 Å². The van der Waals surface area contributed by atoms with Gasteiger partial charge in [0.25, 0.3) is 6.43 Å². The fourth-order valence-corrected chi connectivity index (χ4v) is 1.24. The number of rotatable bonds is 8. The van der Waals surface area contributed by atoms with Gasteiger partial charge in [0.05, 0.1) is 25.0 Å². The lowest BCUT2D eigenvalue weighted by Gasteiger charge is -2.06. The number of carbonyl (C=O) groups excluding carboxylic acids is 1. The third-order valence-electron chi connectivity index (χ3n) is 2.03. The van der Waals surface area contributed by atoms with Crippen molar-refractivity contribution in [1.29, 1.82) is 0 Å². The number of hydrogen-bond donors (Lipinski definition) is 2. The van der Waals surface area contributed by atoms with Crippen LogP contribution in [0.25, 0.3) is 0 Å².